The lowest BCUT2D eigenvalue weighted by molar-refractivity contribution is -0.0978. The number of nitrogens with two attached hydrogens (primary N) is 1. The van der Waals surface area contributed by atoms with Gasteiger partial charge in [0.05, 0.1) is 17.0 Å². The van der Waals surface area contributed by atoms with Gasteiger partial charge in [-0.2, -0.15) is 0 Å². The van der Waals surface area contributed by atoms with Crippen molar-refractivity contribution in [1.82, 2.24) is 14.5 Å². The highest BCUT2D eigenvalue weighted by Gasteiger charge is 2.07. The van der Waals surface area contributed by atoms with Crippen LogP contribution in [0.25, 0.3) is 5.69 Å². The van der Waals surface area contributed by atoms with E-state index in [2.05, 4.69) is 26.9 Å². The molecule has 0 atom stereocenters. The first kappa shape index (κ1) is 15.8. The fourth-order valence-electron chi connectivity index (χ4n) is 1.97. The summed E-state index contributed by atoms with van der Waals surface area (Å²) in [6, 6.07) is 8.96. The first-order chi connectivity index (χ1) is 11.7. The summed E-state index contributed by atoms with van der Waals surface area (Å²) >= 11 is 6.04. The standard InChI is InChI=1S/C16H11ClFN5O/c17-13-9-14(19)16(22-24-18)21-15(13)6-3-11-1-4-12(5-2-11)23-8-7-20-10-23/h1-2,4-5,7-10H,19H2,(H,21,22). The third-order valence-corrected chi connectivity index (χ3v) is 3.42. The second-order valence-electron chi connectivity index (χ2n) is 4.70. The van der Waals surface area contributed by atoms with Crippen LogP contribution in [0.5, 0.6) is 0 Å². The summed E-state index contributed by atoms with van der Waals surface area (Å²) in [5.41, 5.74) is 9.70. The molecule has 0 radical (unpaired) electrons. The summed E-state index contributed by atoms with van der Waals surface area (Å²) in [6.45, 7) is 0. The van der Waals surface area contributed by atoms with E-state index in [1.54, 1.807) is 12.5 Å². The lowest BCUT2D eigenvalue weighted by Gasteiger charge is -2.05. The van der Waals surface area contributed by atoms with Crippen molar-refractivity contribution in [1.29, 1.82) is 0 Å². The van der Waals surface area contributed by atoms with Crippen LogP contribution in [0, 0.1) is 11.8 Å². The highest BCUT2D eigenvalue weighted by molar-refractivity contribution is 6.32. The van der Waals surface area contributed by atoms with Crippen LogP contribution in [0.1, 0.15) is 11.3 Å². The highest BCUT2D eigenvalue weighted by atomic mass is 35.5. The number of hydrogen-bond donors (Lipinski definition) is 2. The van der Waals surface area contributed by atoms with Gasteiger partial charge in [0.1, 0.15) is 5.69 Å². The Hall–Kier alpha value is -3.08. The van der Waals surface area contributed by atoms with E-state index in [4.69, 9.17) is 17.3 Å². The smallest absolute Gasteiger partial charge is 0.177 e. The summed E-state index contributed by atoms with van der Waals surface area (Å²) in [5.74, 6) is 5.76. The van der Waals surface area contributed by atoms with Gasteiger partial charge in [-0.05, 0) is 40.8 Å². The van der Waals surface area contributed by atoms with Crippen LogP contribution in [0.3, 0.4) is 0 Å². The van der Waals surface area contributed by atoms with Crippen LogP contribution in [-0.4, -0.2) is 14.5 Å². The molecule has 0 aliphatic carbocycles. The molecule has 0 unspecified atom stereocenters. The minimum Gasteiger partial charge on any atom is -0.396 e. The van der Waals surface area contributed by atoms with Crippen LogP contribution < -0.4 is 11.2 Å². The van der Waals surface area contributed by atoms with Gasteiger partial charge in [-0.1, -0.05) is 22.6 Å². The van der Waals surface area contributed by atoms with Gasteiger partial charge < -0.3 is 10.3 Å². The van der Waals surface area contributed by atoms with Crippen molar-refractivity contribution < 1.29 is 9.57 Å². The van der Waals surface area contributed by atoms with Crippen molar-refractivity contribution in [3.8, 4) is 17.5 Å². The molecule has 0 saturated heterocycles. The third-order valence-electron chi connectivity index (χ3n) is 3.14. The second kappa shape index (κ2) is 7.00. The zero-order chi connectivity index (χ0) is 16.9. The Balaban J connectivity index is 1.86. The first-order valence-corrected chi connectivity index (χ1v) is 7.15. The van der Waals surface area contributed by atoms with Crippen molar-refractivity contribution in [2.75, 3.05) is 11.2 Å². The van der Waals surface area contributed by atoms with Crippen molar-refractivity contribution in [2.45, 2.75) is 0 Å². The van der Waals surface area contributed by atoms with Crippen LogP contribution in [-0.2, 0) is 5.04 Å². The van der Waals surface area contributed by atoms with Gasteiger partial charge in [-0.15, -0.1) is 0 Å². The van der Waals surface area contributed by atoms with Crippen molar-refractivity contribution in [2.24, 2.45) is 0 Å². The number of nitrogens with one attached hydrogen (secondary N) is 1. The maximum Gasteiger partial charge on any atom is 0.177 e. The van der Waals surface area contributed by atoms with E-state index in [9.17, 15) is 4.53 Å². The number of anilines is 2. The molecular weight excluding hydrogens is 333 g/mol. The monoisotopic (exact) mass is 343 g/mol. The SMILES string of the molecule is Nc1cc(Cl)c(C#Cc2ccc(-n3ccnc3)cc2)nc1NOF. The minimum atomic E-state index is 0.00153. The van der Waals surface area contributed by atoms with E-state index in [1.807, 2.05) is 40.5 Å². The maximum absolute atomic E-state index is 11.9. The third kappa shape index (κ3) is 3.46. The molecule has 1 aromatic carbocycles. The number of aromatic nitrogens is 3. The zero-order valence-electron chi connectivity index (χ0n) is 12.2. The van der Waals surface area contributed by atoms with E-state index in [0.29, 0.717) is 0 Å². The van der Waals surface area contributed by atoms with Gasteiger partial charge in [0.25, 0.3) is 0 Å². The van der Waals surface area contributed by atoms with E-state index in [1.165, 1.54) is 6.07 Å². The van der Waals surface area contributed by atoms with Crippen LogP contribution >= 0.6 is 11.6 Å². The largest absolute Gasteiger partial charge is 0.396 e. The molecule has 0 aliphatic heterocycles. The summed E-state index contributed by atoms with van der Waals surface area (Å²) < 4.78 is 13.8. The molecule has 0 bridgehead atoms. The summed E-state index contributed by atoms with van der Waals surface area (Å²) in [6.07, 6.45) is 5.26. The average molecular weight is 344 g/mol. The van der Waals surface area contributed by atoms with Gasteiger partial charge >= 0.3 is 0 Å². The average Bonchev–Trinajstić information content (AvgIpc) is 3.11. The van der Waals surface area contributed by atoms with Gasteiger partial charge in [0.2, 0.25) is 0 Å². The van der Waals surface area contributed by atoms with Gasteiger partial charge in [0, 0.05) is 23.6 Å². The fourth-order valence-corrected chi connectivity index (χ4v) is 2.18. The molecule has 0 spiro atoms. The van der Waals surface area contributed by atoms with Crippen LogP contribution in [0.4, 0.5) is 16.0 Å². The predicted molar refractivity (Wildman–Crippen MR) is 89.0 cm³/mol. The molecule has 2 heterocycles. The number of nitrogen functional groups attached to an aromatic ring is 1. The normalized spacial score (nSPS) is 10.1. The van der Waals surface area contributed by atoms with Crippen molar-refractivity contribution in [3.05, 3.63) is 65.3 Å². The molecule has 0 aliphatic rings. The molecule has 0 amide bonds. The van der Waals surface area contributed by atoms with E-state index < -0.39 is 0 Å². The lowest BCUT2D eigenvalue weighted by Crippen LogP contribution is -2.02. The number of benzene rings is 1. The predicted octanol–water partition coefficient (Wildman–Crippen LogP) is 3.13. The Morgan fingerprint density at radius 2 is 2.04 bits per heavy atom. The molecule has 3 N–H and O–H groups in total. The van der Waals surface area contributed by atoms with E-state index in [0.717, 1.165) is 11.3 Å². The number of pyridine rings is 1. The van der Waals surface area contributed by atoms with E-state index in [-0.39, 0.29) is 22.2 Å². The Labute approximate surface area is 141 Å². The van der Waals surface area contributed by atoms with Crippen molar-refractivity contribution in [3.63, 3.8) is 0 Å². The Morgan fingerprint density at radius 3 is 2.71 bits per heavy atom. The number of rotatable bonds is 3. The molecule has 6 nitrogen and oxygen atoms in total. The number of imidazole rings is 1. The van der Waals surface area contributed by atoms with Gasteiger partial charge in [-0.3, -0.25) is 0 Å². The number of nitrogens with zero attached hydrogens (tertiary/aromatic N) is 3. The fraction of sp³-hybridized carbons (Fsp3) is 0. The summed E-state index contributed by atoms with van der Waals surface area (Å²) in [4.78, 5) is 8.01. The summed E-state index contributed by atoms with van der Waals surface area (Å²) in [5, 5.41) is 3.59. The minimum absolute atomic E-state index is 0.00153. The van der Waals surface area contributed by atoms with Crippen LogP contribution in [0.2, 0.25) is 5.02 Å². The van der Waals surface area contributed by atoms with Crippen LogP contribution in [0.15, 0.2) is 49.1 Å². The molecule has 8 heteroatoms. The van der Waals surface area contributed by atoms with Gasteiger partial charge in [0.15, 0.2) is 5.82 Å². The molecule has 24 heavy (non-hydrogen) atoms. The molecule has 2 aromatic heterocycles. The molecule has 0 saturated carbocycles. The molecule has 0 fully saturated rings. The summed E-state index contributed by atoms with van der Waals surface area (Å²) in [7, 11) is 0. The van der Waals surface area contributed by atoms with Crippen molar-refractivity contribution >= 4 is 23.1 Å². The zero-order valence-corrected chi connectivity index (χ0v) is 13.0. The second-order valence-corrected chi connectivity index (χ2v) is 5.11. The topological polar surface area (TPSA) is 78.0 Å². The highest BCUT2D eigenvalue weighted by Crippen LogP contribution is 2.23. The van der Waals surface area contributed by atoms with Gasteiger partial charge in [-0.25, -0.2) is 15.4 Å². The molecule has 120 valence electrons. The molecule has 3 aromatic rings. The Bertz CT molecular complexity index is 901. The quantitative estimate of drug-likeness (QED) is 0.564. The first-order valence-electron chi connectivity index (χ1n) is 6.77. The number of halogens is 2. The molecule has 3 rings (SSSR count). The maximum atomic E-state index is 11.9. The molecular formula is C16H11ClFN5O. The Kier molecular flexibility index (Phi) is 4.61. The van der Waals surface area contributed by atoms with E-state index >= 15 is 0 Å². The lowest BCUT2D eigenvalue weighted by atomic mass is 10.2. The number of hydrogen-bond acceptors (Lipinski definition) is 5. The Morgan fingerprint density at radius 1 is 1.25 bits per heavy atom.